The van der Waals surface area contributed by atoms with Crippen molar-refractivity contribution in [3.8, 4) is 39.4 Å². The minimum absolute atomic E-state index is 0.101. The van der Waals surface area contributed by atoms with E-state index >= 15 is 0 Å². The first-order valence-corrected chi connectivity index (χ1v) is 17.5. The van der Waals surface area contributed by atoms with Gasteiger partial charge in [-0.1, -0.05) is 71.7 Å². The lowest BCUT2D eigenvalue weighted by Crippen LogP contribution is -2.35. The van der Waals surface area contributed by atoms with Crippen LogP contribution >= 0.6 is 23.2 Å². The number of halogens is 2. The highest BCUT2D eigenvalue weighted by Crippen LogP contribution is 2.42. The Kier molecular flexibility index (Phi) is 10.2. The standard InChI is InChI=1S/C38H37Cl2N7O3/c1-50-38-23(17-41-19-25-10-14-34(48)44-25)9-13-32(47-38)30-7-3-6-29(37(30)40)28-5-2-4-27(36(28)39)22-8-12-31-24(16-22)18-43-33(46-31)21-42-20-26-11-15-35(49)45-26/h2-9,12-13,16,18,25-26,41-42H,10-11,14-15,17,19-21H2,1H3,(H,44,48)(H,45,49)/t25-,26+/m0/s1. The van der Waals surface area contributed by atoms with Gasteiger partial charge in [0.25, 0.3) is 0 Å². The zero-order valence-corrected chi connectivity index (χ0v) is 29.1. The third kappa shape index (κ3) is 7.44. The van der Waals surface area contributed by atoms with Gasteiger partial charge in [0.2, 0.25) is 17.7 Å². The van der Waals surface area contributed by atoms with Crippen molar-refractivity contribution in [2.24, 2.45) is 0 Å². The second kappa shape index (κ2) is 15.1. The van der Waals surface area contributed by atoms with Crippen LogP contribution in [0.4, 0.5) is 0 Å². The fraction of sp³-hybridized carbons (Fsp3) is 0.289. The molecule has 5 aromatic rings. The van der Waals surface area contributed by atoms with Crippen LogP contribution in [0, 0.1) is 0 Å². The van der Waals surface area contributed by atoms with Crippen molar-refractivity contribution in [2.75, 3.05) is 20.2 Å². The predicted molar refractivity (Wildman–Crippen MR) is 196 cm³/mol. The van der Waals surface area contributed by atoms with Gasteiger partial charge >= 0.3 is 0 Å². The lowest BCUT2D eigenvalue weighted by molar-refractivity contribution is -0.120. The van der Waals surface area contributed by atoms with E-state index in [4.69, 9.17) is 37.9 Å². The summed E-state index contributed by atoms with van der Waals surface area (Å²) in [4.78, 5) is 37.1. The first kappa shape index (κ1) is 33.9. The molecule has 7 rings (SSSR count). The first-order chi connectivity index (χ1) is 24.4. The fourth-order valence-electron chi connectivity index (χ4n) is 6.56. The summed E-state index contributed by atoms with van der Waals surface area (Å²) < 4.78 is 5.65. The van der Waals surface area contributed by atoms with Crippen molar-refractivity contribution in [3.05, 3.63) is 94.4 Å². The molecule has 12 heteroatoms. The van der Waals surface area contributed by atoms with E-state index in [0.29, 0.717) is 66.5 Å². The SMILES string of the molecule is COc1nc(-c2cccc(-c3cccc(-c4ccc5nc(CNC[C@H]6CCC(=O)N6)ncc5c4)c3Cl)c2Cl)ccc1CNC[C@@H]1CCC(=O)N1. The van der Waals surface area contributed by atoms with Crippen LogP contribution in [0.5, 0.6) is 5.88 Å². The van der Waals surface area contributed by atoms with Gasteiger partial charge in [0.1, 0.15) is 5.82 Å². The Morgan fingerprint density at radius 1 is 0.780 bits per heavy atom. The molecule has 0 unspecified atom stereocenters. The molecule has 2 aliphatic rings. The van der Waals surface area contributed by atoms with Gasteiger partial charge in [-0.3, -0.25) is 9.59 Å². The van der Waals surface area contributed by atoms with Crippen LogP contribution in [0.3, 0.4) is 0 Å². The molecule has 2 amide bonds. The minimum atomic E-state index is 0.101. The molecule has 2 saturated heterocycles. The van der Waals surface area contributed by atoms with E-state index < -0.39 is 0 Å². The van der Waals surface area contributed by atoms with Crippen molar-refractivity contribution in [2.45, 2.75) is 50.9 Å². The molecular weight excluding hydrogens is 673 g/mol. The maximum absolute atomic E-state index is 11.5. The molecule has 4 N–H and O–H groups in total. The maximum Gasteiger partial charge on any atom is 0.220 e. The first-order valence-electron chi connectivity index (χ1n) is 16.7. The third-order valence-corrected chi connectivity index (χ3v) is 10.0. The number of benzene rings is 3. The number of pyridine rings is 1. The Morgan fingerprint density at radius 2 is 1.42 bits per heavy atom. The molecule has 0 aliphatic carbocycles. The maximum atomic E-state index is 11.5. The van der Waals surface area contributed by atoms with Gasteiger partial charge in [-0.15, -0.1) is 0 Å². The Hall–Kier alpha value is -4.61. The van der Waals surface area contributed by atoms with E-state index in [0.717, 1.165) is 57.1 Å². The van der Waals surface area contributed by atoms with Gasteiger partial charge in [-0.05, 0) is 36.6 Å². The number of amides is 2. The molecule has 0 bridgehead atoms. The number of hydrogen-bond donors (Lipinski definition) is 4. The number of fused-ring (bicyclic) bond motifs is 1. The van der Waals surface area contributed by atoms with Gasteiger partial charge in [-0.25, -0.2) is 15.0 Å². The molecular formula is C38H37Cl2N7O3. The molecule has 4 heterocycles. The van der Waals surface area contributed by atoms with Crippen LogP contribution in [-0.2, 0) is 22.7 Å². The number of nitrogens with one attached hydrogen (secondary N) is 4. The van der Waals surface area contributed by atoms with Crippen LogP contribution in [0.15, 0.2) is 72.9 Å². The van der Waals surface area contributed by atoms with E-state index in [1.54, 1.807) is 7.11 Å². The summed E-state index contributed by atoms with van der Waals surface area (Å²) in [6, 6.07) is 22.0. The summed E-state index contributed by atoms with van der Waals surface area (Å²) in [5.41, 5.74) is 6.59. The molecule has 10 nitrogen and oxygen atoms in total. The number of rotatable bonds is 12. The zero-order valence-electron chi connectivity index (χ0n) is 27.6. The number of carbonyl (C=O) groups is 2. The summed E-state index contributed by atoms with van der Waals surface area (Å²) in [5, 5.41) is 14.7. The molecule has 2 atom stereocenters. The summed E-state index contributed by atoms with van der Waals surface area (Å²) >= 11 is 14.2. The van der Waals surface area contributed by atoms with E-state index in [9.17, 15) is 9.59 Å². The third-order valence-electron chi connectivity index (χ3n) is 9.19. The van der Waals surface area contributed by atoms with Gasteiger partial charge in [0.05, 0.1) is 34.9 Å². The van der Waals surface area contributed by atoms with Gasteiger partial charge in [0, 0.05) is 84.0 Å². The summed E-state index contributed by atoms with van der Waals surface area (Å²) in [6.07, 6.45) is 4.67. The van der Waals surface area contributed by atoms with Crippen LogP contribution < -0.4 is 26.0 Å². The van der Waals surface area contributed by atoms with Crippen LogP contribution in [0.25, 0.3) is 44.4 Å². The van der Waals surface area contributed by atoms with Gasteiger partial charge < -0.3 is 26.0 Å². The smallest absolute Gasteiger partial charge is 0.220 e. The number of ether oxygens (including phenoxy) is 1. The molecule has 256 valence electrons. The molecule has 3 aromatic carbocycles. The molecule has 0 radical (unpaired) electrons. The lowest BCUT2D eigenvalue weighted by atomic mass is 9.96. The molecule has 2 aliphatic heterocycles. The normalized spacial score (nSPS) is 17.3. The van der Waals surface area contributed by atoms with E-state index in [2.05, 4.69) is 26.3 Å². The van der Waals surface area contributed by atoms with Gasteiger partial charge in [0.15, 0.2) is 0 Å². The predicted octanol–water partition coefficient (Wildman–Crippen LogP) is 6.08. The highest BCUT2D eigenvalue weighted by Gasteiger charge is 2.22. The van der Waals surface area contributed by atoms with Crippen LogP contribution in [0.2, 0.25) is 10.0 Å². The Morgan fingerprint density at radius 3 is 2.08 bits per heavy atom. The Bertz CT molecular complexity index is 2070. The quantitative estimate of drug-likeness (QED) is 0.123. The number of carbonyl (C=O) groups excluding carboxylic acids is 2. The largest absolute Gasteiger partial charge is 0.481 e. The topological polar surface area (TPSA) is 130 Å². The molecule has 0 spiro atoms. The Balaban J connectivity index is 1.08. The second-order valence-electron chi connectivity index (χ2n) is 12.6. The van der Waals surface area contributed by atoms with E-state index in [1.165, 1.54) is 0 Å². The highest BCUT2D eigenvalue weighted by atomic mass is 35.5. The average Bonchev–Trinajstić information content (AvgIpc) is 3.75. The molecule has 50 heavy (non-hydrogen) atoms. The molecule has 2 aromatic heterocycles. The summed E-state index contributed by atoms with van der Waals surface area (Å²) in [7, 11) is 1.60. The fourth-order valence-corrected chi connectivity index (χ4v) is 7.22. The Labute approximate surface area is 300 Å². The number of nitrogens with zero attached hydrogens (tertiary/aromatic N) is 3. The van der Waals surface area contributed by atoms with E-state index in [1.807, 2.05) is 72.9 Å². The summed E-state index contributed by atoms with van der Waals surface area (Å²) in [5.74, 6) is 1.41. The van der Waals surface area contributed by atoms with Crippen LogP contribution in [0.1, 0.15) is 37.1 Å². The number of hydrogen-bond acceptors (Lipinski definition) is 8. The van der Waals surface area contributed by atoms with Crippen LogP contribution in [-0.4, -0.2) is 59.0 Å². The van der Waals surface area contributed by atoms with Crippen molar-refractivity contribution < 1.29 is 14.3 Å². The van der Waals surface area contributed by atoms with Crippen molar-refractivity contribution in [1.29, 1.82) is 0 Å². The highest BCUT2D eigenvalue weighted by molar-refractivity contribution is 6.39. The average molecular weight is 711 g/mol. The minimum Gasteiger partial charge on any atom is -0.481 e. The number of aromatic nitrogens is 3. The van der Waals surface area contributed by atoms with Crippen molar-refractivity contribution >= 4 is 45.9 Å². The molecule has 2 fully saturated rings. The van der Waals surface area contributed by atoms with Crippen molar-refractivity contribution in [1.82, 2.24) is 36.2 Å². The second-order valence-corrected chi connectivity index (χ2v) is 13.4. The molecule has 0 saturated carbocycles. The lowest BCUT2D eigenvalue weighted by Gasteiger charge is -2.16. The zero-order chi connectivity index (χ0) is 34.6. The number of methoxy groups -OCH3 is 1. The monoisotopic (exact) mass is 709 g/mol. The van der Waals surface area contributed by atoms with Crippen molar-refractivity contribution in [3.63, 3.8) is 0 Å². The van der Waals surface area contributed by atoms with Gasteiger partial charge in [-0.2, -0.15) is 0 Å². The summed E-state index contributed by atoms with van der Waals surface area (Å²) in [6.45, 7) is 2.44. The van der Waals surface area contributed by atoms with E-state index in [-0.39, 0.29) is 23.9 Å².